The average molecular weight is 602 g/mol. The largest absolute Gasteiger partial charge is 0.738 e. The first-order valence-electron chi connectivity index (χ1n) is 12.8. The lowest BCUT2D eigenvalue weighted by Crippen LogP contribution is -2.58. The molecule has 43 heavy (non-hydrogen) atoms. The minimum Gasteiger partial charge on any atom is -0.497 e. The third-order valence-electron chi connectivity index (χ3n) is 7.61. The zero-order valence-corrected chi connectivity index (χ0v) is 22.2. The number of methoxy groups -OCH3 is 2. The summed E-state index contributed by atoms with van der Waals surface area (Å²) in [5, 5.41) is -0.354. The number of halogens is 7. The van der Waals surface area contributed by atoms with Crippen molar-refractivity contribution in [2.75, 3.05) is 14.2 Å². The fraction of sp³-hybridized carbons (Fsp3) is 0.138. The van der Waals surface area contributed by atoms with Gasteiger partial charge in [0.05, 0.1) is 31.9 Å². The van der Waals surface area contributed by atoms with E-state index in [1.165, 1.54) is 26.4 Å². The Balaban J connectivity index is 1.48. The van der Waals surface area contributed by atoms with Crippen molar-refractivity contribution in [3.8, 4) is 34.1 Å². The lowest BCUT2D eigenvalue weighted by atomic mass is 9.86. The van der Waals surface area contributed by atoms with E-state index in [1.54, 1.807) is 48.5 Å². The van der Waals surface area contributed by atoms with Crippen molar-refractivity contribution < 1.29 is 48.9 Å². The molecule has 5 aromatic rings. The number of benzene rings is 2. The Morgan fingerprint density at radius 2 is 1.33 bits per heavy atom. The molecule has 2 aromatic carbocycles. The van der Waals surface area contributed by atoms with Crippen LogP contribution in [0.4, 0.5) is 30.6 Å². The number of fused-ring (bicyclic) bond motifs is 5. The quantitative estimate of drug-likeness (QED) is 0.175. The Hall–Kier alpha value is -4.88. The highest BCUT2D eigenvalue weighted by atomic mass is 19.4. The molecule has 0 radical (unpaired) electrons. The molecule has 6 nitrogen and oxygen atoms in total. The first-order chi connectivity index (χ1) is 20.3. The van der Waals surface area contributed by atoms with Crippen LogP contribution in [0.15, 0.2) is 81.3 Å². The minimum absolute atomic E-state index is 0.104. The molecule has 0 unspecified atom stereocenters. The maximum Gasteiger partial charge on any atom is 0.738 e. The van der Waals surface area contributed by atoms with Crippen LogP contribution in [0, 0.1) is 0 Å². The summed E-state index contributed by atoms with van der Waals surface area (Å²) >= 11 is 0. The van der Waals surface area contributed by atoms with Crippen molar-refractivity contribution in [1.29, 1.82) is 0 Å². The third-order valence-corrected chi connectivity index (χ3v) is 7.61. The molecule has 2 aliphatic heterocycles. The highest BCUT2D eigenvalue weighted by Gasteiger charge is 2.66. The van der Waals surface area contributed by atoms with Gasteiger partial charge in [0.25, 0.3) is 0 Å². The zero-order chi connectivity index (χ0) is 30.5. The van der Waals surface area contributed by atoms with E-state index in [-0.39, 0.29) is 42.4 Å². The molecule has 0 saturated heterocycles. The maximum absolute atomic E-state index is 16.5. The van der Waals surface area contributed by atoms with Crippen molar-refractivity contribution in [2.45, 2.75) is 12.1 Å². The molecule has 5 heterocycles. The third kappa shape index (κ3) is 3.78. The van der Waals surface area contributed by atoms with Crippen LogP contribution in [-0.4, -0.2) is 37.8 Å². The SMILES string of the molecule is COc1ccc(-c2cc3c(o2)=CC2=C(C(F)(F)C(F)(F)F)c4cc5oc(-c6ccc(OC)cc6)cc5n4[B-](F)(F)[N+]=32)cc1. The first-order valence-corrected chi connectivity index (χ1v) is 12.8. The second-order valence-electron chi connectivity index (χ2n) is 10.0. The number of hydrogen-bond donors (Lipinski definition) is 0. The number of ether oxygens (including phenoxy) is 2. The van der Waals surface area contributed by atoms with Gasteiger partial charge in [-0.2, -0.15) is 22.0 Å². The van der Waals surface area contributed by atoms with Crippen LogP contribution in [0.25, 0.3) is 45.4 Å². The van der Waals surface area contributed by atoms with E-state index in [1.807, 2.05) is 0 Å². The highest BCUT2D eigenvalue weighted by Crippen LogP contribution is 2.51. The van der Waals surface area contributed by atoms with Gasteiger partial charge in [0, 0.05) is 29.0 Å². The van der Waals surface area contributed by atoms with Crippen molar-refractivity contribution in [2.24, 2.45) is 0 Å². The molecule has 220 valence electrons. The molecule has 2 aliphatic rings. The summed E-state index contributed by atoms with van der Waals surface area (Å²) in [6.45, 7) is -5.02. The van der Waals surface area contributed by atoms with E-state index in [4.69, 9.17) is 18.3 Å². The van der Waals surface area contributed by atoms with Crippen LogP contribution < -0.4 is 24.7 Å². The van der Waals surface area contributed by atoms with E-state index in [0.717, 1.165) is 12.1 Å². The zero-order valence-electron chi connectivity index (χ0n) is 22.2. The first kappa shape index (κ1) is 27.0. The topological polar surface area (TPSA) is 52.7 Å². The summed E-state index contributed by atoms with van der Waals surface area (Å²) in [6, 6.07) is 15.9. The van der Waals surface area contributed by atoms with Gasteiger partial charge >= 0.3 is 19.1 Å². The number of alkyl halides is 5. The van der Waals surface area contributed by atoms with Crippen LogP contribution >= 0.6 is 0 Å². The summed E-state index contributed by atoms with van der Waals surface area (Å²) in [5.74, 6) is -4.26. The molecule has 14 heteroatoms. The fourth-order valence-electron chi connectivity index (χ4n) is 5.58. The second kappa shape index (κ2) is 8.82. The van der Waals surface area contributed by atoms with Gasteiger partial charge in [0.2, 0.25) is 5.36 Å². The van der Waals surface area contributed by atoms with Crippen LogP contribution in [0.2, 0.25) is 0 Å². The molecule has 0 fully saturated rings. The van der Waals surface area contributed by atoms with Crippen LogP contribution in [0.3, 0.4) is 0 Å². The lowest BCUT2D eigenvalue weighted by molar-refractivity contribution is -0.254. The van der Waals surface area contributed by atoms with E-state index in [9.17, 15) is 13.2 Å². The fourth-order valence-corrected chi connectivity index (χ4v) is 5.58. The molecule has 7 rings (SSSR count). The van der Waals surface area contributed by atoms with Gasteiger partial charge in [0.1, 0.15) is 34.2 Å². The van der Waals surface area contributed by atoms with Gasteiger partial charge in [0.15, 0.2) is 11.1 Å². The van der Waals surface area contributed by atoms with Gasteiger partial charge in [-0.1, -0.05) is 0 Å². The summed E-state index contributed by atoms with van der Waals surface area (Å²) in [6.07, 6.45) is -5.30. The second-order valence-corrected chi connectivity index (χ2v) is 10.0. The number of aromatic nitrogens is 1. The Kier molecular flexibility index (Phi) is 5.53. The van der Waals surface area contributed by atoms with E-state index < -0.39 is 36.0 Å². The maximum atomic E-state index is 16.5. The molecule has 0 bridgehead atoms. The molecule has 0 aliphatic carbocycles. The van der Waals surface area contributed by atoms with Crippen LogP contribution in [0.1, 0.15) is 5.69 Å². The Morgan fingerprint density at radius 1 is 0.767 bits per heavy atom. The van der Waals surface area contributed by atoms with Crippen LogP contribution in [-0.2, 0) is 0 Å². The van der Waals surface area contributed by atoms with Gasteiger partial charge in [-0.3, -0.25) is 0 Å². The Morgan fingerprint density at radius 3 is 1.86 bits per heavy atom. The van der Waals surface area contributed by atoms with Crippen molar-refractivity contribution in [1.82, 2.24) is 8.96 Å². The Labute approximate surface area is 237 Å². The Bertz CT molecular complexity index is 2090. The normalized spacial score (nSPS) is 15.8. The predicted molar refractivity (Wildman–Crippen MR) is 143 cm³/mol. The monoisotopic (exact) mass is 602 g/mol. The molecular formula is C29H18BF7N2O4. The minimum atomic E-state index is -6.09. The number of rotatable bonds is 5. The number of hydrogen-bond acceptors (Lipinski definition) is 4. The van der Waals surface area contributed by atoms with Gasteiger partial charge in [-0.15, -0.1) is 0 Å². The number of furan rings is 2. The summed E-state index contributed by atoms with van der Waals surface area (Å²) < 4.78 is 127. The predicted octanol–water partition coefficient (Wildman–Crippen LogP) is 6.31. The molecule has 0 spiro atoms. The molecule has 0 N–H and O–H groups in total. The van der Waals surface area contributed by atoms with E-state index in [2.05, 4.69) is 0 Å². The van der Waals surface area contributed by atoms with Crippen LogP contribution in [0.5, 0.6) is 11.5 Å². The summed E-state index contributed by atoms with van der Waals surface area (Å²) in [5.41, 5.74) is -3.68. The van der Waals surface area contributed by atoms with Crippen molar-refractivity contribution >= 4 is 29.7 Å². The molecule has 0 amide bonds. The molecule has 3 aromatic heterocycles. The standard InChI is InChI=1S/C29H18BF7N2O4/c1-40-17-7-3-15(4-8-17)23-11-19-25(42-23)13-21-27(28(31,32)29(33,34)35)22-14-26-20(39(22)30(36,37)38(19)21)12-24(43-26)16-5-9-18(41-2)10-6-16/h3-14H,1-2H3. The van der Waals surface area contributed by atoms with Crippen molar-refractivity contribution in [3.05, 3.63) is 88.9 Å². The molecule has 0 atom stereocenters. The summed E-state index contributed by atoms with van der Waals surface area (Å²) in [4.78, 5) is 0. The van der Waals surface area contributed by atoms with E-state index >= 15 is 17.4 Å². The van der Waals surface area contributed by atoms with Gasteiger partial charge in [-0.05, 0) is 48.5 Å². The average Bonchev–Trinajstić information content (AvgIpc) is 3.71. The summed E-state index contributed by atoms with van der Waals surface area (Å²) in [7, 11) is 2.92. The molecular weight excluding hydrogens is 584 g/mol. The highest BCUT2D eigenvalue weighted by molar-refractivity contribution is 6.65. The number of allylic oxidation sites excluding steroid dienone is 2. The van der Waals surface area contributed by atoms with Crippen molar-refractivity contribution in [3.63, 3.8) is 0 Å². The number of nitrogens with zero attached hydrogens (tertiary/aromatic N) is 2. The lowest BCUT2D eigenvalue weighted by Gasteiger charge is -2.34. The smallest absolute Gasteiger partial charge is 0.497 e. The van der Waals surface area contributed by atoms with E-state index in [0.29, 0.717) is 22.6 Å². The van der Waals surface area contributed by atoms with Gasteiger partial charge in [-0.25, -0.2) is 0 Å². The van der Waals surface area contributed by atoms with Gasteiger partial charge < -0.3 is 35.9 Å². The molecule has 0 saturated carbocycles.